The van der Waals surface area contributed by atoms with Gasteiger partial charge in [0.15, 0.2) is 9.84 Å². The fourth-order valence-corrected chi connectivity index (χ4v) is 2.75. The Morgan fingerprint density at radius 1 is 1.40 bits per heavy atom. The third kappa shape index (κ3) is 4.85. The number of benzene rings is 1. The topological polar surface area (TPSA) is 69.4 Å². The predicted octanol–water partition coefficient (Wildman–Crippen LogP) is 2.30. The molecular formula is C14H21NO3S2. The standard InChI is InChI=1S/C14H21NO3S2/c1-4-14(2,3)18-8-9-20(16,17)12-7-5-6-11(10-12)13(15)19/h5-7,10H,4,8-9H2,1-3H3,(H2,15,19). The lowest BCUT2D eigenvalue weighted by molar-refractivity contribution is -0.0114. The van der Waals surface area contributed by atoms with E-state index in [1.165, 1.54) is 6.07 Å². The summed E-state index contributed by atoms with van der Waals surface area (Å²) < 4.78 is 30.0. The summed E-state index contributed by atoms with van der Waals surface area (Å²) in [5, 5.41) is 0. The first-order chi connectivity index (χ1) is 9.18. The Hall–Kier alpha value is -0.980. The van der Waals surface area contributed by atoms with E-state index < -0.39 is 9.84 Å². The summed E-state index contributed by atoms with van der Waals surface area (Å²) in [6.07, 6.45) is 0.823. The van der Waals surface area contributed by atoms with E-state index in [2.05, 4.69) is 0 Å². The zero-order chi connectivity index (χ0) is 15.4. The molecule has 20 heavy (non-hydrogen) atoms. The van der Waals surface area contributed by atoms with E-state index in [1.54, 1.807) is 18.2 Å². The van der Waals surface area contributed by atoms with Crippen molar-refractivity contribution in [2.45, 2.75) is 37.7 Å². The summed E-state index contributed by atoms with van der Waals surface area (Å²) in [6.45, 7) is 6.04. The van der Waals surface area contributed by atoms with Crippen molar-refractivity contribution < 1.29 is 13.2 Å². The number of rotatable bonds is 7. The molecule has 2 N–H and O–H groups in total. The van der Waals surface area contributed by atoms with Gasteiger partial charge in [-0.2, -0.15) is 0 Å². The summed E-state index contributed by atoms with van der Waals surface area (Å²) in [7, 11) is -3.39. The van der Waals surface area contributed by atoms with Gasteiger partial charge in [0.2, 0.25) is 0 Å². The molecular weight excluding hydrogens is 294 g/mol. The van der Waals surface area contributed by atoms with Crippen molar-refractivity contribution in [1.29, 1.82) is 0 Å². The van der Waals surface area contributed by atoms with Gasteiger partial charge in [0.05, 0.1) is 22.9 Å². The largest absolute Gasteiger partial charge is 0.389 e. The van der Waals surface area contributed by atoms with Gasteiger partial charge < -0.3 is 10.5 Å². The van der Waals surface area contributed by atoms with E-state index in [9.17, 15) is 8.42 Å². The molecule has 1 rings (SSSR count). The normalized spacial score (nSPS) is 12.3. The lowest BCUT2D eigenvalue weighted by atomic mass is 10.1. The summed E-state index contributed by atoms with van der Waals surface area (Å²) in [5.74, 6) is -0.0583. The molecule has 0 aliphatic heterocycles. The number of hydrogen-bond donors (Lipinski definition) is 1. The predicted molar refractivity (Wildman–Crippen MR) is 84.7 cm³/mol. The smallest absolute Gasteiger partial charge is 0.180 e. The van der Waals surface area contributed by atoms with Gasteiger partial charge in [0, 0.05) is 5.56 Å². The highest BCUT2D eigenvalue weighted by Crippen LogP contribution is 2.16. The van der Waals surface area contributed by atoms with E-state index in [0.717, 1.165) is 6.42 Å². The van der Waals surface area contributed by atoms with Crippen molar-refractivity contribution in [2.24, 2.45) is 5.73 Å². The maximum absolute atomic E-state index is 12.2. The van der Waals surface area contributed by atoms with Gasteiger partial charge >= 0.3 is 0 Å². The molecule has 0 unspecified atom stereocenters. The molecule has 0 bridgehead atoms. The lowest BCUT2D eigenvalue weighted by Crippen LogP contribution is -2.26. The van der Waals surface area contributed by atoms with Crippen LogP contribution in [0.25, 0.3) is 0 Å². The van der Waals surface area contributed by atoms with Crippen LogP contribution in [0.15, 0.2) is 29.2 Å². The average molecular weight is 315 g/mol. The summed E-state index contributed by atoms with van der Waals surface area (Å²) >= 11 is 4.85. The Kier molecular flexibility index (Phi) is 5.68. The number of nitrogens with two attached hydrogens (primary N) is 1. The second-order valence-electron chi connectivity index (χ2n) is 5.17. The SMILES string of the molecule is CCC(C)(C)OCCS(=O)(=O)c1cccc(C(N)=S)c1. The van der Waals surface area contributed by atoms with Crippen molar-refractivity contribution in [1.82, 2.24) is 0 Å². The molecule has 0 aliphatic rings. The molecule has 0 heterocycles. The molecule has 1 aromatic rings. The molecule has 0 saturated carbocycles. The van der Waals surface area contributed by atoms with Crippen LogP contribution in [-0.4, -0.2) is 31.4 Å². The Bertz CT molecular complexity index is 580. The zero-order valence-corrected chi connectivity index (χ0v) is 13.7. The van der Waals surface area contributed by atoms with Crippen LogP contribution in [0.4, 0.5) is 0 Å². The lowest BCUT2D eigenvalue weighted by Gasteiger charge is -2.23. The Morgan fingerprint density at radius 2 is 2.05 bits per heavy atom. The number of thiocarbonyl (C=S) groups is 1. The maximum atomic E-state index is 12.2. The van der Waals surface area contributed by atoms with Crippen LogP contribution in [0.5, 0.6) is 0 Å². The van der Waals surface area contributed by atoms with Crippen molar-refractivity contribution in [3.05, 3.63) is 29.8 Å². The number of ether oxygens (including phenoxy) is 1. The van der Waals surface area contributed by atoms with Gasteiger partial charge in [0.25, 0.3) is 0 Å². The number of hydrogen-bond acceptors (Lipinski definition) is 4. The van der Waals surface area contributed by atoms with Crippen molar-refractivity contribution >= 4 is 27.0 Å². The minimum atomic E-state index is -3.39. The van der Waals surface area contributed by atoms with Gasteiger partial charge in [0.1, 0.15) is 4.99 Å². The average Bonchev–Trinajstić information content (AvgIpc) is 2.38. The molecule has 0 radical (unpaired) electrons. The Balaban J connectivity index is 2.79. The molecule has 6 heteroatoms. The minimum Gasteiger partial charge on any atom is -0.389 e. The molecule has 0 fully saturated rings. The molecule has 112 valence electrons. The van der Waals surface area contributed by atoms with Gasteiger partial charge in [-0.05, 0) is 32.4 Å². The van der Waals surface area contributed by atoms with Crippen molar-refractivity contribution in [3.63, 3.8) is 0 Å². The van der Waals surface area contributed by atoms with Crippen molar-refractivity contribution in [3.8, 4) is 0 Å². The quantitative estimate of drug-likeness (QED) is 0.782. The van der Waals surface area contributed by atoms with E-state index in [-0.39, 0.29) is 27.8 Å². The molecule has 0 aliphatic carbocycles. The first-order valence-corrected chi connectivity index (χ1v) is 8.50. The molecule has 0 saturated heterocycles. The van der Waals surface area contributed by atoms with E-state index in [0.29, 0.717) is 5.56 Å². The second kappa shape index (κ2) is 6.65. The molecule has 0 spiro atoms. The van der Waals surface area contributed by atoms with Crippen LogP contribution in [0.3, 0.4) is 0 Å². The molecule has 4 nitrogen and oxygen atoms in total. The van der Waals surface area contributed by atoms with Gasteiger partial charge in [-0.1, -0.05) is 31.3 Å². The van der Waals surface area contributed by atoms with E-state index >= 15 is 0 Å². The first-order valence-electron chi connectivity index (χ1n) is 6.44. The Morgan fingerprint density at radius 3 is 2.60 bits per heavy atom. The van der Waals surface area contributed by atoms with Gasteiger partial charge in [-0.3, -0.25) is 0 Å². The third-order valence-corrected chi connectivity index (χ3v) is 5.09. The van der Waals surface area contributed by atoms with Crippen LogP contribution in [0.1, 0.15) is 32.8 Å². The summed E-state index contributed by atoms with van der Waals surface area (Å²) in [5.41, 5.74) is 5.76. The number of sulfone groups is 1. The van der Waals surface area contributed by atoms with Crippen LogP contribution < -0.4 is 5.73 Å². The van der Waals surface area contributed by atoms with Gasteiger partial charge in [-0.15, -0.1) is 0 Å². The van der Waals surface area contributed by atoms with Crippen LogP contribution in [0, 0.1) is 0 Å². The highest BCUT2D eigenvalue weighted by Gasteiger charge is 2.19. The molecule has 0 amide bonds. The fraction of sp³-hybridized carbons (Fsp3) is 0.500. The van der Waals surface area contributed by atoms with Crippen LogP contribution in [0.2, 0.25) is 0 Å². The Labute approximate surface area is 126 Å². The third-order valence-electron chi connectivity index (χ3n) is 3.17. The summed E-state index contributed by atoms with van der Waals surface area (Å²) in [6, 6.07) is 6.38. The summed E-state index contributed by atoms with van der Waals surface area (Å²) in [4.78, 5) is 0.408. The highest BCUT2D eigenvalue weighted by molar-refractivity contribution is 7.91. The van der Waals surface area contributed by atoms with E-state index in [4.69, 9.17) is 22.7 Å². The maximum Gasteiger partial charge on any atom is 0.180 e. The second-order valence-corrected chi connectivity index (χ2v) is 7.72. The van der Waals surface area contributed by atoms with Gasteiger partial charge in [-0.25, -0.2) is 8.42 Å². The highest BCUT2D eigenvalue weighted by atomic mass is 32.2. The van der Waals surface area contributed by atoms with Crippen LogP contribution >= 0.6 is 12.2 Å². The first kappa shape index (κ1) is 17.1. The fourth-order valence-electron chi connectivity index (χ4n) is 1.49. The zero-order valence-electron chi connectivity index (χ0n) is 12.0. The monoisotopic (exact) mass is 315 g/mol. The molecule has 0 aromatic heterocycles. The molecule has 1 aromatic carbocycles. The molecule has 0 atom stereocenters. The minimum absolute atomic E-state index is 0.0583. The van der Waals surface area contributed by atoms with Crippen molar-refractivity contribution in [2.75, 3.05) is 12.4 Å². The van der Waals surface area contributed by atoms with E-state index in [1.807, 2.05) is 20.8 Å². The van der Waals surface area contributed by atoms with Crippen LogP contribution in [-0.2, 0) is 14.6 Å².